The van der Waals surface area contributed by atoms with Crippen LogP contribution in [-0.2, 0) is 19.0 Å². The number of aromatic amines is 2. The molecule has 2 aromatic heterocycles. The molecule has 0 spiro atoms. The van der Waals surface area contributed by atoms with Gasteiger partial charge in [0.25, 0.3) is 0 Å². The molecule has 4 heterocycles. The Kier molecular flexibility index (Phi) is 9.62. The van der Waals surface area contributed by atoms with Crippen LogP contribution in [0.5, 0.6) is 0 Å². The molecule has 46 heavy (non-hydrogen) atoms. The molecule has 9 nitrogen and oxygen atoms in total. The lowest BCUT2D eigenvalue weighted by Crippen LogP contribution is -2.25. The predicted molar refractivity (Wildman–Crippen MR) is 185 cm³/mol. The van der Waals surface area contributed by atoms with E-state index in [1.165, 1.54) is 7.11 Å². The molecule has 0 bridgehead atoms. The summed E-state index contributed by atoms with van der Waals surface area (Å²) in [5.74, 6) is -1.18. The van der Waals surface area contributed by atoms with E-state index in [1.807, 2.05) is 36.5 Å². The highest BCUT2D eigenvalue weighted by atomic mass is 79.9. The first kappa shape index (κ1) is 33.2. The zero-order valence-corrected chi connectivity index (χ0v) is 28.7. The third-order valence-electron chi connectivity index (χ3n) is 8.30. The van der Waals surface area contributed by atoms with Crippen molar-refractivity contribution in [1.29, 1.82) is 0 Å². The fourth-order valence-corrected chi connectivity index (χ4v) is 6.03. The van der Waals surface area contributed by atoms with Crippen molar-refractivity contribution in [3.05, 3.63) is 93.3 Å². The van der Waals surface area contributed by atoms with Gasteiger partial charge in [0.05, 0.1) is 12.8 Å². The Morgan fingerprint density at radius 2 is 1.59 bits per heavy atom. The van der Waals surface area contributed by atoms with E-state index in [2.05, 4.69) is 65.7 Å². The molecule has 0 aliphatic carbocycles. The van der Waals surface area contributed by atoms with E-state index in [0.29, 0.717) is 29.8 Å². The van der Waals surface area contributed by atoms with Gasteiger partial charge >= 0.3 is 5.97 Å². The standard InChI is InChI=1S/C36H39BrN4O5/c1-35(2)18-25(40-31(35)17-28-26(12-13-38-28)21-8-10-23(37)11-9-21)15-27(33(43)44-5)32(42)22-14-24(39-20-22)16-30-36(3,4)19-29(41-30)34(45-6)46-7/h8-17,20,34,38-39H,18-19H2,1-7H3/b27-15+,30-16+,31-17-. The number of nitrogens with one attached hydrogen (secondary N) is 2. The minimum atomic E-state index is -0.720. The maximum absolute atomic E-state index is 13.7. The van der Waals surface area contributed by atoms with Gasteiger partial charge in [0.2, 0.25) is 5.78 Å². The Hall–Kier alpha value is -4.12. The highest BCUT2D eigenvalue weighted by Gasteiger charge is 2.36. The van der Waals surface area contributed by atoms with Crippen molar-refractivity contribution < 1.29 is 23.8 Å². The number of hydrogen-bond donors (Lipinski definition) is 2. The summed E-state index contributed by atoms with van der Waals surface area (Å²) >= 11 is 3.50. The lowest BCUT2D eigenvalue weighted by molar-refractivity contribution is -0.135. The Morgan fingerprint density at radius 1 is 0.913 bits per heavy atom. The minimum absolute atomic E-state index is 0.0866. The van der Waals surface area contributed by atoms with E-state index in [0.717, 1.165) is 38.4 Å². The van der Waals surface area contributed by atoms with Gasteiger partial charge in [0.1, 0.15) is 5.57 Å². The zero-order valence-electron chi connectivity index (χ0n) is 27.2. The lowest BCUT2D eigenvalue weighted by atomic mass is 9.85. The summed E-state index contributed by atoms with van der Waals surface area (Å²) in [6, 6.07) is 11.9. The molecule has 2 aliphatic heterocycles. The fraction of sp³-hybridized carbons (Fsp3) is 0.333. The summed E-state index contributed by atoms with van der Waals surface area (Å²) in [4.78, 5) is 42.7. The average Bonchev–Trinajstić information content (AvgIpc) is 3.79. The largest absolute Gasteiger partial charge is 0.465 e. The van der Waals surface area contributed by atoms with E-state index in [4.69, 9.17) is 24.2 Å². The number of rotatable bonds is 10. The van der Waals surface area contributed by atoms with Gasteiger partial charge in [-0.1, -0.05) is 55.8 Å². The number of nitrogens with zero attached hydrogens (tertiary/aromatic N) is 2. The van der Waals surface area contributed by atoms with Gasteiger partial charge in [0.15, 0.2) is 6.29 Å². The van der Waals surface area contributed by atoms with Crippen LogP contribution in [0, 0.1) is 10.8 Å². The smallest absolute Gasteiger partial charge is 0.341 e. The van der Waals surface area contributed by atoms with Crippen molar-refractivity contribution in [2.45, 2.75) is 46.8 Å². The quantitative estimate of drug-likeness (QED) is 0.0564. The molecule has 0 atom stereocenters. The molecule has 240 valence electrons. The Balaban J connectivity index is 1.43. The molecule has 0 amide bonds. The van der Waals surface area contributed by atoms with Crippen molar-refractivity contribution in [3.63, 3.8) is 0 Å². The average molecular weight is 688 g/mol. The summed E-state index contributed by atoms with van der Waals surface area (Å²) in [5.41, 5.74) is 6.50. The summed E-state index contributed by atoms with van der Waals surface area (Å²) < 4.78 is 16.8. The van der Waals surface area contributed by atoms with Crippen LogP contribution in [0.15, 0.2) is 86.3 Å². The van der Waals surface area contributed by atoms with E-state index >= 15 is 0 Å². The number of allylic oxidation sites excluding steroid dienone is 3. The van der Waals surface area contributed by atoms with Gasteiger partial charge in [-0.25, -0.2) is 4.79 Å². The van der Waals surface area contributed by atoms with Gasteiger partial charge in [-0.2, -0.15) is 0 Å². The van der Waals surface area contributed by atoms with Gasteiger partial charge in [-0.05, 0) is 48.1 Å². The second kappa shape index (κ2) is 13.3. The number of benzene rings is 1. The first-order valence-corrected chi connectivity index (χ1v) is 15.8. The highest BCUT2D eigenvalue weighted by molar-refractivity contribution is 9.10. The van der Waals surface area contributed by atoms with E-state index < -0.39 is 18.0 Å². The van der Waals surface area contributed by atoms with Crippen LogP contribution in [0.2, 0.25) is 0 Å². The molecule has 1 aromatic carbocycles. The number of esters is 1. The Morgan fingerprint density at radius 3 is 2.26 bits per heavy atom. The van der Waals surface area contributed by atoms with E-state index in [-0.39, 0.29) is 16.4 Å². The van der Waals surface area contributed by atoms with Crippen molar-refractivity contribution >= 4 is 51.3 Å². The lowest BCUT2D eigenvalue weighted by Gasteiger charge is -2.19. The third-order valence-corrected chi connectivity index (χ3v) is 8.83. The normalized spacial score (nSPS) is 19.2. The summed E-state index contributed by atoms with van der Waals surface area (Å²) in [7, 11) is 4.43. The van der Waals surface area contributed by atoms with Crippen molar-refractivity contribution in [1.82, 2.24) is 9.97 Å². The van der Waals surface area contributed by atoms with Crippen LogP contribution < -0.4 is 0 Å². The number of carbonyl (C=O) groups excluding carboxylic acids is 2. The third kappa shape index (κ3) is 6.99. The number of halogens is 1. The Bertz CT molecular complexity index is 1800. The minimum Gasteiger partial charge on any atom is -0.465 e. The molecule has 2 N–H and O–H groups in total. The fourth-order valence-electron chi connectivity index (χ4n) is 5.76. The van der Waals surface area contributed by atoms with Crippen molar-refractivity contribution in [3.8, 4) is 11.1 Å². The molecule has 3 aromatic rings. The Labute approximate surface area is 277 Å². The van der Waals surface area contributed by atoms with E-state index in [1.54, 1.807) is 32.6 Å². The molecular formula is C36H39BrN4O5. The first-order chi connectivity index (χ1) is 21.8. The molecule has 0 unspecified atom stereocenters. The molecule has 0 fully saturated rings. The van der Waals surface area contributed by atoms with Crippen LogP contribution in [0.3, 0.4) is 0 Å². The number of ketones is 1. The zero-order chi connectivity index (χ0) is 33.2. The number of Topliss-reactive ketones (excluding diaryl/α,β-unsaturated/α-hetero) is 1. The van der Waals surface area contributed by atoms with Crippen molar-refractivity contribution in [2.24, 2.45) is 20.8 Å². The molecular weight excluding hydrogens is 648 g/mol. The molecule has 10 heteroatoms. The second-order valence-corrected chi connectivity index (χ2v) is 13.6. The molecule has 0 radical (unpaired) electrons. The number of aromatic nitrogens is 2. The summed E-state index contributed by atoms with van der Waals surface area (Å²) in [5, 5.41) is 0. The predicted octanol–water partition coefficient (Wildman–Crippen LogP) is 7.80. The number of carbonyl (C=O) groups is 2. The molecule has 0 saturated heterocycles. The molecule has 5 rings (SSSR count). The topological polar surface area (TPSA) is 118 Å². The van der Waals surface area contributed by atoms with E-state index in [9.17, 15) is 9.59 Å². The SMILES string of the molecule is COC(=O)/C(=C/C1=NC(=C\c2[nH]ccc2-c2ccc(Br)cc2)/C(C)(C)C1)C(=O)c1c[nH]c(/C=C2/N=C(C(OC)OC)CC2(C)C)c1. The summed E-state index contributed by atoms with van der Waals surface area (Å²) in [6.07, 6.45) is 9.68. The highest BCUT2D eigenvalue weighted by Crippen LogP contribution is 2.41. The summed E-state index contributed by atoms with van der Waals surface area (Å²) in [6.45, 7) is 8.37. The maximum Gasteiger partial charge on any atom is 0.341 e. The maximum atomic E-state index is 13.7. The van der Waals surface area contributed by atoms with Crippen LogP contribution >= 0.6 is 15.9 Å². The molecule has 0 saturated carbocycles. The van der Waals surface area contributed by atoms with Gasteiger partial charge < -0.3 is 24.2 Å². The van der Waals surface area contributed by atoms with Crippen LogP contribution in [0.25, 0.3) is 23.3 Å². The number of methoxy groups -OCH3 is 3. The first-order valence-electron chi connectivity index (χ1n) is 15.0. The monoisotopic (exact) mass is 686 g/mol. The molecule has 2 aliphatic rings. The number of H-pyrrole nitrogens is 2. The van der Waals surface area contributed by atoms with Crippen molar-refractivity contribution in [2.75, 3.05) is 21.3 Å². The van der Waals surface area contributed by atoms with Gasteiger partial charge in [-0.15, -0.1) is 0 Å². The van der Waals surface area contributed by atoms with Gasteiger partial charge in [-0.3, -0.25) is 14.8 Å². The van der Waals surface area contributed by atoms with Crippen LogP contribution in [0.4, 0.5) is 0 Å². The van der Waals surface area contributed by atoms with Crippen LogP contribution in [-0.4, -0.2) is 60.8 Å². The number of hydrogen-bond acceptors (Lipinski definition) is 7. The van der Waals surface area contributed by atoms with Gasteiger partial charge in [0, 0.05) is 94.4 Å². The number of aliphatic imine (C=N–C) groups is 2. The van der Waals surface area contributed by atoms with Crippen LogP contribution in [0.1, 0.15) is 62.3 Å². The number of ether oxygens (including phenoxy) is 3. The second-order valence-electron chi connectivity index (χ2n) is 12.7.